The summed E-state index contributed by atoms with van der Waals surface area (Å²) >= 11 is 11.2. The molecule has 4 rings (SSSR count). The number of nitrogens with one attached hydrogen (secondary N) is 1. The number of hydrogen-bond acceptors (Lipinski definition) is 4. The molecule has 3 aromatic rings. The van der Waals surface area contributed by atoms with Gasteiger partial charge in [0.2, 0.25) is 0 Å². The second-order valence-electron chi connectivity index (χ2n) is 7.05. The van der Waals surface area contributed by atoms with Crippen molar-refractivity contribution < 1.29 is 14.3 Å². The Balaban J connectivity index is 1.60. The molecule has 1 aliphatic rings. The van der Waals surface area contributed by atoms with Crippen molar-refractivity contribution >= 4 is 56.4 Å². The molecule has 2 heterocycles. The zero-order chi connectivity index (χ0) is 21.4. The van der Waals surface area contributed by atoms with Crippen molar-refractivity contribution in [1.29, 1.82) is 0 Å². The van der Waals surface area contributed by atoms with Crippen LogP contribution in [0.15, 0.2) is 46.9 Å². The van der Waals surface area contributed by atoms with Gasteiger partial charge in [0.1, 0.15) is 5.75 Å². The van der Waals surface area contributed by atoms with Gasteiger partial charge >= 0.3 is 0 Å². The number of carbonyl (C=O) groups is 2. The van der Waals surface area contributed by atoms with Crippen LogP contribution in [0.4, 0.5) is 5.69 Å². The van der Waals surface area contributed by atoms with E-state index < -0.39 is 0 Å². The normalized spacial score (nSPS) is 12.3. The summed E-state index contributed by atoms with van der Waals surface area (Å²) < 4.78 is 6.81. The third kappa shape index (κ3) is 4.10. The highest BCUT2D eigenvalue weighted by Crippen LogP contribution is 2.42. The third-order valence-corrected chi connectivity index (χ3v) is 6.74. The molecule has 1 N–H and O–H groups in total. The van der Waals surface area contributed by atoms with E-state index in [0.29, 0.717) is 27.8 Å². The number of anilines is 1. The Morgan fingerprint density at radius 3 is 2.70 bits per heavy atom. The lowest BCUT2D eigenvalue weighted by atomic mass is 10.1. The molecule has 0 aliphatic carbocycles. The minimum absolute atomic E-state index is 0.149. The lowest BCUT2D eigenvalue weighted by molar-refractivity contribution is 0.0827. The smallest absolute Gasteiger partial charge is 0.265 e. The first-order valence-corrected chi connectivity index (χ1v) is 11.2. The van der Waals surface area contributed by atoms with Crippen LogP contribution in [0.25, 0.3) is 10.4 Å². The van der Waals surface area contributed by atoms with Gasteiger partial charge in [-0.2, -0.15) is 0 Å². The van der Waals surface area contributed by atoms with Crippen molar-refractivity contribution in [3.05, 3.63) is 68.0 Å². The predicted octanol–water partition coefficient (Wildman–Crippen LogP) is 5.72. The Morgan fingerprint density at radius 2 is 1.97 bits per heavy atom. The monoisotopic (exact) mass is 504 g/mol. The molecule has 2 amide bonds. The fourth-order valence-electron chi connectivity index (χ4n) is 3.22. The highest BCUT2D eigenvalue weighted by atomic mass is 79.9. The lowest BCUT2D eigenvalue weighted by Gasteiger charge is -2.12. The van der Waals surface area contributed by atoms with Gasteiger partial charge < -0.3 is 15.0 Å². The number of nitrogens with zero attached hydrogens (tertiary/aromatic N) is 1. The van der Waals surface area contributed by atoms with Crippen LogP contribution >= 0.6 is 38.9 Å². The van der Waals surface area contributed by atoms with E-state index in [1.165, 1.54) is 16.2 Å². The van der Waals surface area contributed by atoms with Gasteiger partial charge in [0.05, 0.1) is 22.2 Å². The molecule has 1 aliphatic heterocycles. The number of fused-ring (bicyclic) bond motifs is 3. The second-order valence-corrected chi connectivity index (χ2v) is 9.43. The van der Waals surface area contributed by atoms with E-state index in [0.717, 1.165) is 32.6 Å². The maximum atomic E-state index is 12.9. The molecule has 0 bridgehead atoms. The second kappa shape index (κ2) is 8.41. The van der Waals surface area contributed by atoms with E-state index in [1.54, 1.807) is 32.3 Å². The largest absolute Gasteiger partial charge is 0.493 e. The number of carbonyl (C=O) groups excluding carboxylic acids is 2. The average Bonchev–Trinajstić information content (AvgIpc) is 3.05. The first kappa shape index (κ1) is 20.9. The van der Waals surface area contributed by atoms with Crippen molar-refractivity contribution in [2.75, 3.05) is 26.0 Å². The standard InChI is InChI=1S/C22H18BrClN2O3S/c1-26(2)22(28)13-3-6-17(16(24)9-13)25-21(27)19-10-12-7-8-29-18-11-14(23)4-5-15(18)20(12)30-19/h3-6,9-11H,7-8H2,1-2H3,(H,25,27). The van der Waals surface area contributed by atoms with Gasteiger partial charge in [0, 0.05) is 41.0 Å². The maximum absolute atomic E-state index is 12.9. The number of ether oxygens (including phenoxy) is 1. The Kier molecular flexibility index (Phi) is 5.86. The summed E-state index contributed by atoms with van der Waals surface area (Å²) in [6.45, 7) is 0.557. The van der Waals surface area contributed by atoms with Crippen molar-refractivity contribution in [3.63, 3.8) is 0 Å². The molecule has 0 fully saturated rings. The first-order chi connectivity index (χ1) is 14.3. The fourth-order valence-corrected chi connectivity index (χ4v) is 4.92. The molecule has 2 aromatic carbocycles. The van der Waals surface area contributed by atoms with Crippen molar-refractivity contribution in [2.45, 2.75) is 6.42 Å². The third-order valence-electron chi connectivity index (χ3n) is 4.72. The summed E-state index contributed by atoms with van der Waals surface area (Å²) in [6, 6.07) is 12.7. The number of thiophene rings is 1. The quantitative estimate of drug-likeness (QED) is 0.495. The van der Waals surface area contributed by atoms with Gasteiger partial charge in [-0.3, -0.25) is 9.59 Å². The molecule has 0 saturated carbocycles. The maximum Gasteiger partial charge on any atom is 0.265 e. The first-order valence-electron chi connectivity index (χ1n) is 9.21. The fraction of sp³-hybridized carbons (Fsp3) is 0.182. The van der Waals surface area contributed by atoms with Crippen LogP contribution in [-0.4, -0.2) is 37.4 Å². The van der Waals surface area contributed by atoms with Crippen LogP contribution in [0.1, 0.15) is 25.6 Å². The molecule has 0 saturated heterocycles. The Bertz CT molecular complexity index is 1160. The molecule has 5 nitrogen and oxygen atoms in total. The molecule has 0 spiro atoms. The van der Waals surface area contributed by atoms with E-state index in [-0.39, 0.29) is 11.8 Å². The highest BCUT2D eigenvalue weighted by molar-refractivity contribution is 9.10. The SMILES string of the molecule is CN(C)C(=O)c1ccc(NC(=O)c2cc3c(s2)-c2ccc(Br)cc2OCC3)c(Cl)c1. The predicted molar refractivity (Wildman–Crippen MR) is 124 cm³/mol. The van der Waals surface area contributed by atoms with E-state index in [2.05, 4.69) is 21.2 Å². The molecule has 0 atom stereocenters. The number of halogens is 2. The van der Waals surface area contributed by atoms with Gasteiger partial charge in [-0.25, -0.2) is 0 Å². The summed E-state index contributed by atoms with van der Waals surface area (Å²) in [5, 5.41) is 3.17. The molecule has 1 aromatic heterocycles. The lowest BCUT2D eigenvalue weighted by Crippen LogP contribution is -2.21. The van der Waals surface area contributed by atoms with Crippen LogP contribution in [-0.2, 0) is 6.42 Å². The number of benzene rings is 2. The Morgan fingerprint density at radius 1 is 1.17 bits per heavy atom. The van der Waals surface area contributed by atoms with Gasteiger partial charge in [-0.05, 0) is 48.0 Å². The summed E-state index contributed by atoms with van der Waals surface area (Å²) in [6.07, 6.45) is 0.730. The summed E-state index contributed by atoms with van der Waals surface area (Å²) in [7, 11) is 3.35. The highest BCUT2D eigenvalue weighted by Gasteiger charge is 2.22. The van der Waals surface area contributed by atoms with Crippen LogP contribution in [0, 0.1) is 0 Å². The number of amides is 2. The molecule has 30 heavy (non-hydrogen) atoms. The summed E-state index contributed by atoms with van der Waals surface area (Å²) in [5.41, 5.74) is 3.01. The molecule has 8 heteroatoms. The topological polar surface area (TPSA) is 58.6 Å². The van der Waals surface area contributed by atoms with E-state index in [9.17, 15) is 9.59 Å². The Hall–Kier alpha value is -2.35. The molecule has 0 unspecified atom stereocenters. The van der Waals surface area contributed by atoms with Crippen LogP contribution < -0.4 is 10.1 Å². The van der Waals surface area contributed by atoms with E-state index in [1.807, 2.05) is 24.3 Å². The van der Waals surface area contributed by atoms with Crippen molar-refractivity contribution in [3.8, 4) is 16.2 Å². The van der Waals surface area contributed by atoms with Crippen molar-refractivity contribution in [2.24, 2.45) is 0 Å². The van der Waals surface area contributed by atoms with Crippen LogP contribution in [0.3, 0.4) is 0 Å². The van der Waals surface area contributed by atoms with E-state index in [4.69, 9.17) is 16.3 Å². The number of rotatable bonds is 3. The minimum atomic E-state index is -0.235. The van der Waals surface area contributed by atoms with Crippen LogP contribution in [0.5, 0.6) is 5.75 Å². The molecule has 0 radical (unpaired) electrons. The van der Waals surface area contributed by atoms with Gasteiger partial charge in [0.25, 0.3) is 11.8 Å². The molecular formula is C22H18BrClN2O3S. The minimum Gasteiger partial charge on any atom is -0.493 e. The molecule has 154 valence electrons. The summed E-state index contributed by atoms with van der Waals surface area (Å²) in [5.74, 6) is 0.423. The average molecular weight is 506 g/mol. The zero-order valence-electron chi connectivity index (χ0n) is 16.3. The zero-order valence-corrected chi connectivity index (χ0v) is 19.5. The van der Waals surface area contributed by atoms with Crippen LogP contribution in [0.2, 0.25) is 5.02 Å². The molecular weight excluding hydrogens is 488 g/mol. The summed E-state index contributed by atoms with van der Waals surface area (Å²) in [4.78, 5) is 28.1. The van der Waals surface area contributed by atoms with E-state index >= 15 is 0 Å². The van der Waals surface area contributed by atoms with Gasteiger partial charge in [-0.15, -0.1) is 11.3 Å². The van der Waals surface area contributed by atoms with Crippen molar-refractivity contribution in [1.82, 2.24) is 4.90 Å². The Labute approximate surface area is 191 Å². The van der Waals surface area contributed by atoms with Gasteiger partial charge in [0.15, 0.2) is 0 Å². The number of hydrogen-bond donors (Lipinski definition) is 1. The van der Waals surface area contributed by atoms with Gasteiger partial charge in [-0.1, -0.05) is 27.5 Å².